The lowest BCUT2D eigenvalue weighted by molar-refractivity contribution is 0.350. The van der Waals surface area contributed by atoms with Gasteiger partial charge < -0.3 is 5.11 Å². The number of hydrogen-bond donors (Lipinski definition) is 1. The Morgan fingerprint density at radius 3 is 2.89 bits per heavy atom. The summed E-state index contributed by atoms with van der Waals surface area (Å²) in [6.07, 6.45) is 1.72. The first-order valence-corrected chi connectivity index (χ1v) is 7.25. The number of rotatable bonds is 4. The molecular formula is C14H17N3OS. The predicted molar refractivity (Wildman–Crippen MR) is 76.2 cm³/mol. The van der Waals surface area contributed by atoms with Gasteiger partial charge in [-0.1, -0.05) is 25.7 Å². The molecule has 4 nitrogen and oxygen atoms in total. The Balaban J connectivity index is 2.26. The molecule has 0 aliphatic heterocycles. The van der Waals surface area contributed by atoms with Crippen LogP contribution in [0.5, 0.6) is 0 Å². The van der Waals surface area contributed by atoms with Crippen molar-refractivity contribution in [2.24, 2.45) is 0 Å². The van der Waals surface area contributed by atoms with E-state index in [9.17, 15) is 0 Å². The summed E-state index contributed by atoms with van der Waals surface area (Å²) in [7, 11) is 0. The molecule has 19 heavy (non-hydrogen) atoms. The van der Waals surface area contributed by atoms with Crippen LogP contribution in [0.25, 0.3) is 0 Å². The molecule has 0 saturated heterocycles. The van der Waals surface area contributed by atoms with Gasteiger partial charge in [-0.25, -0.2) is 9.67 Å². The lowest BCUT2D eigenvalue weighted by Crippen LogP contribution is -2.06. The van der Waals surface area contributed by atoms with E-state index in [2.05, 4.69) is 35.8 Å². The summed E-state index contributed by atoms with van der Waals surface area (Å²) in [5.41, 5.74) is 0.967. The Morgan fingerprint density at radius 1 is 1.37 bits per heavy atom. The highest BCUT2D eigenvalue weighted by molar-refractivity contribution is 7.10. The summed E-state index contributed by atoms with van der Waals surface area (Å²) in [5.74, 6) is 7.55. The third-order valence-corrected chi connectivity index (χ3v) is 3.67. The van der Waals surface area contributed by atoms with E-state index in [-0.39, 0.29) is 6.61 Å². The summed E-state index contributed by atoms with van der Waals surface area (Å²) in [5, 5.41) is 15.3. The van der Waals surface area contributed by atoms with Crippen molar-refractivity contribution in [3.63, 3.8) is 0 Å². The average molecular weight is 275 g/mol. The summed E-state index contributed by atoms with van der Waals surface area (Å²) < 4.78 is 1.95. The Morgan fingerprint density at radius 2 is 2.21 bits per heavy atom. The molecule has 0 amide bonds. The van der Waals surface area contributed by atoms with Crippen molar-refractivity contribution in [2.75, 3.05) is 6.61 Å². The van der Waals surface area contributed by atoms with Crippen molar-refractivity contribution in [1.82, 2.24) is 14.8 Å². The molecule has 0 bridgehead atoms. The summed E-state index contributed by atoms with van der Waals surface area (Å²) >= 11 is 1.66. The predicted octanol–water partition coefficient (Wildman–Crippen LogP) is 1.86. The van der Waals surface area contributed by atoms with Gasteiger partial charge >= 0.3 is 0 Å². The zero-order valence-electron chi connectivity index (χ0n) is 11.2. The second kappa shape index (κ2) is 6.50. The number of hydrogen-bond acceptors (Lipinski definition) is 4. The third kappa shape index (κ3) is 3.22. The molecule has 0 aliphatic carbocycles. The van der Waals surface area contributed by atoms with Gasteiger partial charge in [-0.05, 0) is 11.4 Å². The summed E-state index contributed by atoms with van der Waals surface area (Å²) in [4.78, 5) is 5.66. The van der Waals surface area contributed by atoms with Gasteiger partial charge in [0.2, 0.25) is 0 Å². The summed E-state index contributed by atoms with van der Waals surface area (Å²) in [6, 6.07) is 1.98. The Kier molecular flexibility index (Phi) is 4.72. The molecule has 2 rings (SSSR count). The first-order chi connectivity index (χ1) is 9.28. The molecule has 2 aromatic heterocycles. The number of aliphatic hydroxyl groups is 1. The zero-order chi connectivity index (χ0) is 13.7. The van der Waals surface area contributed by atoms with Crippen LogP contribution < -0.4 is 0 Å². The van der Waals surface area contributed by atoms with Gasteiger partial charge in [0.25, 0.3) is 0 Å². The smallest absolute Gasteiger partial charge is 0.150 e. The van der Waals surface area contributed by atoms with Crippen molar-refractivity contribution < 1.29 is 5.11 Å². The van der Waals surface area contributed by atoms with E-state index in [0.717, 1.165) is 34.9 Å². The number of aliphatic hydroxyl groups excluding tert-OH is 1. The van der Waals surface area contributed by atoms with Gasteiger partial charge in [-0.3, -0.25) is 0 Å². The SMILES string of the molecule is CCc1nc(CC)n(Cc2sccc2C#CCO)n1. The highest BCUT2D eigenvalue weighted by Gasteiger charge is 2.10. The highest BCUT2D eigenvalue weighted by Crippen LogP contribution is 2.18. The van der Waals surface area contributed by atoms with E-state index in [1.54, 1.807) is 11.3 Å². The minimum Gasteiger partial charge on any atom is -0.384 e. The largest absolute Gasteiger partial charge is 0.384 e. The van der Waals surface area contributed by atoms with Gasteiger partial charge in [0, 0.05) is 23.3 Å². The Hall–Kier alpha value is -1.64. The first kappa shape index (κ1) is 13.8. The maximum absolute atomic E-state index is 8.77. The molecule has 0 spiro atoms. The standard InChI is InChI=1S/C14H17N3OS/c1-3-13-15-14(4-2)17(16-13)10-12-11(6-5-8-18)7-9-19-12/h7,9,18H,3-4,8,10H2,1-2H3. The minimum absolute atomic E-state index is 0.112. The number of aryl methyl sites for hydroxylation is 2. The van der Waals surface area contributed by atoms with Crippen LogP contribution in [0.1, 0.15) is 35.9 Å². The van der Waals surface area contributed by atoms with Crippen LogP contribution in [0, 0.1) is 11.8 Å². The van der Waals surface area contributed by atoms with Gasteiger partial charge in [-0.2, -0.15) is 5.10 Å². The first-order valence-electron chi connectivity index (χ1n) is 6.37. The zero-order valence-corrected chi connectivity index (χ0v) is 12.0. The summed E-state index contributed by atoms with van der Waals surface area (Å²) in [6.45, 7) is 4.73. The van der Waals surface area contributed by atoms with Crippen LogP contribution in [0.4, 0.5) is 0 Å². The van der Waals surface area contributed by atoms with E-state index in [0.29, 0.717) is 6.54 Å². The second-order valence-corrected chi connectivity index (χ2v) is 5.03. The molecule has 2 heterocycles. The average Bonchev–Trinajstić information content (AvgIpc) is 3.03. The van der Waals surface area contributed by atoms with Gasteiger partial charge in [0.15, 0.2) is 5.82 Å². The van der Waals surface area contributed by atoms with Crippen LogP contribution in [0.2, 0.25) is 0 Å². The lowest BCUT2D eigenvalue weighted by Gasteiger charge is -2.03. The van der Waals surface area contributed by atoms with Gasteiger partial charge in [-0.15, -0.1) is 11.3 Å². The Labute approximate surface area is 117 Å². The molecule has 0 aromatic carbocycles. The third-order valence-electron chi connectivity index (χ3n) is 2.77. The molecule has 0 atom stereocenters. The molecule has 1 N–H and O–H groups in total. The normalized spacial score (nSPS) is 10.3. The maximum atomic E-state index is 8.77. The fourth-order valence-corrected chi connectivity index (χ4v) is 2.62. The molecule has 0 radical (unpaired) electrons. The van der Waals surface area contributed by atoms with Crippen LogP contribution in [0.15, 0.2) is 11.4 Å². The van der Waals surface area contributed by atoms with Crippen LogP contribution in [0.3, 0.4) is 0 Å². The van der Waals surface area contributed by atoms with Crippen molar-refractivity contribution in [3.05, 3.63) is 33.5 Å². The highest BCUT2D eigenvalue weighted by atomic mass is 32.1. The van der Waals surface area contributed by atoms with Crippen LogP contribution in [-0.4, -0.2) is 26.5 Å². The maximum Gasteiger partial charge on any atom is 0.150 e. The fourth-order valence-electron chi connectivity index (χ4n) is 1.81. The van der Waals surface area contributed by atoms with Crippen molar-refractivity contribution >= 4 is 11.3 Å². The van der Waals surface area contributed by atoms with Crippen LogP contribution >= 0.6 is 11.3 Å². The van der Waals surface area contributed by atoms with E-state index in [4.69, 9.17) is 5.11 Å². The Bertz CT molecular complexity index is 604. The topological polar surface area (TPSA) is 50.9 Å². The molecule has 0 saturated carbocycles. The lowest BCUT2D eigenvalue weighted by atomic mass is 10.2. The molecule has 0 aliphatic rings. The second-order valence-electron chi connectivity index (χ2n) is 4.03. The molecule has 0 fully saturated rings. The fraction of sp³-hybridized carbons (Fsp3) is 0.429. The van der Waals surface area contributed by atoms with Gasteiger partial charge in [0.05, 0.1) is 6.54 Å². The van der Waals surface area contributed by atoms with Gasteiger partial charge in [0.1, 0.15) is 12.4 Å². The van der Waals surface area contributed by atoms with E-state index in [1.807, 2.05) is 16.1 Å². The molecular weight excluding hydrogens is 258 g/mol. The quantitative estimate of drug-likeness (QED) is 0.867. The molecule has 2 aromatic rings. The number of nitrogens with zero attached hydrogens (tertiary/aromatic N) is 3. The van der Waals surface area contributed by atoms with E-state index in [1.165, 1.54) is 0 Å². The monoisotopic (exact) mass is 275 g/mol. The molecule has 5 heteroatoms. The minimum atomic E-state index is -0.112. The number of aromatic nitrogens is 3. The van der Waals surface area contributed by atoms with Crippen LogP contribution in [-0.2, 0) is 19.4 Å². The number of thiophene rings is 1. The molecule has 0 unspecified atom stereocenters. The van der Waals surface area contributed by atoms with Crippen molar-refractivity contribution in [1.29, 1.82) is 0 Å². The van der Waals surface area contributed by atoms with E-state index < -0.39 is 0 Å². The van der Waals surface area contributed by atoms with Crippen molar-refractivity contribution in [2.45, 2.75) is 33.2 Å². The molecule has 100 valence electrons. The van der Waals surface area contributed by atoms with Crippen molar-refractivity contribution in [3.8, 4) is 11.8 Å². The van der Waals surface area contributed by atoms with E-state index >= 15 is 0 Å².